The molecule has 1 atom stereocenters. The van der Waals surface area contributed by atoms with E-state index in [1.165, 1.54) is 23.1 Å². The average Bonchev–Trinajstić information content (AvgIpc) is 3.60. The van der Waals surface area contributed by atoms with E-state index < -0.39 is 0 Å². The fraction of sp³-hybridized carbons (Fsp3) is 0.432. The number of allylic oxidation sites excluding steroid dienone is 7. The van der Waals surface area contributed by atoms with Gasteiger partial charge in [0.2, 0.25) is 5.89 Å². The van der Waals surface area contributed by atoms with Crippen molar-refractivity contribution in [1.29, 1.82) is 0 Å². The highest BCUT2D eigenvalue weighted by Crippen LogP contribution is 2.39. The third kappa shape index (κ3) is 7.74. The van der Waals surface area contributed by atoms with Crippen LogP contribution in [-0.4, -0.2) is 51.8 Å². The third-order valence-electron chi connectivity index (χ3n) is 8.73. The molecule has 2 aromatic heterocycles. The van der Waals surface area contributed by atoms with E-state index in [0.717, 1.165) is 67.6 Å². The number of ether oxygens (including phenoxy) is 1. The van der Waals surface area contributed by atoms with Gasteiger partial charge in [-0.1, -0.05) is 81.8 Å². The van der Waals surface area contributed by atoms with Crippen LogP contribution in [0.2, 0.25) is 0 Å². The normalized spacial score (nSPS) is 18.9. The van der Waals surface area contributed by atoms with Crippen molar-refractivity contribution in [1.82, 2.24) is 24.9 Å². The van der Waals surface area contributed by atoms with Crippen LogP contribution >= 0.6 is 0 Å². The first kappa shape index (κ1) is 32.2. The number of hydrogen-bond acceptors (Lipinski definition) is 6. The number of unbranched alkanes of at least 4 members (excludes halogenated alkanes) is 1. The third-order valence-corrected chi connectivity index (χ3v) is 8.73. The Hall–Kier alpha value is -4.17. The van der Waals surface area contributed by atoms with Crippen LogP contribution in [0, 0.1) is 6.92 Å². The van der Waals surface area contributed by atoms with Crippen LogP contribution in [0.15, 0.2) is 83.1 Å². The number of fused-ring (bicyclic) bond motifs is 3. The monoisotopic (exact) mass is 609 g/mol. The van der Waals surface area contributed by atoms with Gasteiger partial charge in [0.05, 0.1) is 19.8 Å². The molecule has 45 heavy (non-hydrogen) atoms. The largest absolute Gasteiger partial charge is 0.378 e. The first-order valence-electron chi connectivity index (χ1n) is 16.4. The van der Waals surface area contributed by atoms with Crippen LogP contribution in [0.3, 0.4) is 0 Å². The lowest BCUT2D eigenvalue weighted by Crippen LogP contribution is -2.36. The summed E-state index contributed by atoms with van der Waals surface area (Å²) in [4.78, 5) is 20.0. The highest BCUT2D eigenvalue weighted by molar-refractivity contribution is 5.99. The minimum atomic E-state index is -0.171. The Balaban J connectivity index is 1.63. The molecule has 5 rings (SSSR count). The molecule has 1 aromatic carbocycles. The molecule has 0 aliphatic carbocycles. The molecule has 0 spiro atoms. The number of carbonyl (C=O) groups excluding carboxylic acids is 1. The number of aromatic nitrogens is 3. The van der Waals surface area contributed by atoms with Crippen molar-refractivity contribution in [2.75, 3.05) is 26.3 Å². The Morgan fingerprint density at radius 2 is 1.96 bits per heavy atom. The van der Waals surface area contributed by atoms with Crippen LogP contribution in [0.1, 0.15) is 85.2 Å². The molecule has 1 unspecified atom stereocenters. The zero-order valence-corrected chi connectivity index (χ0v) is 27.1. The van der Waals surface area contributed by atoms with Crippen molar-refractivity contribution in [3.63, 3.8) is 0 Å². The van der Waals surface area contributed by atoms with Gasteiger partial charge in [-0.25, -0.2) is 0 Å². The minimum Gasteiger partial charge on any atom is -0.378 e. The Kier molecular flexibility index (Phi) is 10.9. The Labute approximate surface area is 267 Å². The number of aryl methyl sites for hydroxylation is 1. The smallest absolute Gasteiger partial charge is 0.251 e. The highest BCUT2D eigenvalue weighted by Gasteiger charge is 2.26. The maximum atomic E-state index is 13.4. The summed E-state index contributed by atoms with van der Waals surface area (Å²) in [5.41, 5.74) is 7.41. The van der Waals surface area contributed by atoms with Gasteiger partial charge in [-0.05, 0) is 53.7 Å². The van der Waals surface area contributed by atoms with Gasteiger partial charge >= 0.3 is 0 Å². The molecule has 1 saturated heterocycles. The van der Waals surface area contributed by atoms with E-state index >= 15 is 0 Å². The molecule has 2 aliphatic rings. The zero-order valence-electron chi connectivity index (χ0n) is 27.1. The summed E-state index contributed by atoms with van der Waals surface area (Å²) in [7, 11) is 0. The van der Waals surface area contributed by atoms with Crippen molar-refractivity contribution in [3.8, 4) is 0 Å². The number of rotatable bonds is 11. The molecule has 3 aromatic rings. The van der Waals surface area contributed by atoms with Gasteiger partial charge in [0, 0.05) is 60.8 Å². The molecule has 1 amide bonds. The Bertz CT molecular complexity index is 1620. The number of amides is 1. The molecule has 1 fully saturated rings. The quantitative estimate of drug-likeness (QED) is 0.245. The van der Waals surface area contributed by atoms with E-state index in [1.807, 2.05) is 12.1 Å². The van der Waals surface area contributed by atoms with Gasteiger partial charge < -0.3 is 24.0 Å². The fourth-order valence-electron chi connectivity index (χ4n) is 6.47. The molecule has 1 N–H and O–H groups in total. The summed E-state index contributed by atoms with van der Waals surface area (Å²) in [6.45, 7) is 19.0. The zero-order chi connectivity index (χ0) is 31.8. The lowest BCUT2D eigenvalue weighted by molar-refractivity contribution is 0.0547. The average molecular weight is 610 g/mol. The van der Waals surface area contributed by atoms with Gasteiger partial charge in [-0.15, -0.1) is 0 Å². The molecule has 238 valence electrons. The van der Waals surface area contributed by atoms with Gasteiger partial charge in [-0.3, -0.25) is 4.79 Å². The van der Waals surface area contributed by atoms with Crippen LogP contribution in [0.4, 0.5) is 0 Å². The summed E-state index contributed by atoms with van der Waals surface area (Å²) in [6, 6.07) is 6.15. The second-order valence-electron chi connectivity index (χ2n) is 12.0. The lowest BCUT2D eigenvalue weighted by Gasteiger charge is -2.32. The molecule has 2 aliphatic heterocycles. The molecule has 0 bridgehead atoms. The van der Waals surface area contributed by atoms with Crippen LogP contribution in [-0.2, 0) is 24.2 Å². The van der Waals surface area contributed by atoms with E-state index in [9.17, 15) is 4.79 Å². The van der Waals surface area contributed by atoms with Gasteiger partial charge in [0.25, 0.3) is 5.91 Å². The number of nitrogens with zero attached hydrogens (tertiary/aromatic N) is 4. The lowest BCUT2D eigenvalue weighted by atomic mass is 9.87. The summed E-state index contributed by atoms with van der Waals surface area (Å²) in [6.07, 6.45) is 17.2. The van der Waals surface area contributed by atoms with E-state index in [2.05, 4.69) is 88.4 Å². The number of benzene rings is 1. The predicted octanol–water partition coefficient (Wildman–Crippen LogP) is 7.33. The number of nitrogens with one attached hydrogen (secondary N) is 1. The standard InChI is InChI=1S/C37H47N5O3/c1-6-8-14-29(12-7-2)36-32-17-16-30(37(43)38-24-35-39-28(5)45-40-35)23-34(32)42-25-31(27(4)41-18-20-44-21-19-41)22-26(3)13-10-9-11-15-33(36)42/h9-11,13,16-17,22-23,29H,3-4,6-8,12,14-15,18-21,24-25H2,1-2,5H3,(H,38,43)/b11-9-,13-10-,31-22+. The molecule has 0 radical (unpaired) electrons. The van der Waals surface area contributed by atoms with Gasteiger partial charge in [-0.2, -0.15) is 4.98 Å². The first-order valence-corrected chi connectivity index (χ1v) is 16.4. The number of carbonyl (C=O) groups is 1. The first-order chi connectivity index (χ1) is 21.9. The van der Waals surface area contributed by atoms with Crippen molar-refractivity contribution >= 4 is 16.8 Å². The molecular weight excluding hydrogens is 562 g/mol. The van der Waals surface area contributed by atoms with Crippen LogP contribution in [0.5, 0.6) is 0 Å². The van der Waals surface area contributed by atoms with Gasteiger partial charge in [0.15, 0.2) is 5.82 Å². The highest BCUT2D eigenvalue weighted by atomic mass is 16.5. The summed E-state index contributed by atoms with van der Waals surface area (Å²) in [5.74, 6) is 1.20. The van der Waals surface area contributed by atoms with Crippen LogP contribution < -0.4 is 5.32 Å². The van der Waals surface area contributed by atoms with E-state index in [-0.39, 0.29) is 12.5 Å². The van der Waals surface area contributed by atoms with E-state index in [0.29, 0.717) is 43.0 Å². The molecule has 8 nitrogen and oxygen atoms in total. The number of hydrogen-bond donors (Lipinski definition) is 1. The molecule has 4 heterocycles. The molecule has 0 saturated carbocycles. The van der Waals surface area contributed by atoms with Crippen LogP contribution in [0.25, 0.3) is 10.9 Å². The predicted molar refractivity (Wildman–Crippen MR) is 180 cm³/mol. The summed E-state index contributed by atoms with van der Waals surface area (Å²) < 4.78 is 13.1. The topological polar surface area (TPSA) is 85.4 Å². The SMILES string of the molecule is C=C1/C=C\C=C/Cc2c(C(CCC)CCCC)c3ccc(C(=O)NCc4noc(C)n4)cc3n2C/C(C(=C)N2CCOCC2)=C\1. The second kappa shape index (κ2) is 15.2. The van der Waals surface area contributed by atoms with Crippen molar-refractivity contribution < 1.29 is 14.1 Å². The molecular formula is C37H47N5O3. The minimum absolute atomic E-state index is 0.171. The van der Waals surface area contributed by atoms with Gasteiger partial charge in [0.1, 0.15) is 0 Å². The molecule has 8 heteroatoms. The van der Waals surface area contributed by atoms with E-state index in [1.54, 1.807) is 6.92 Å². The second-order valence-corrected chi connectivity index (χ2v) is 12.0. The summed E-state index contributed by atoms with van der Waals surface area (Å²) >= 11 is 0. The van der Waals surface area contributed by atoms with Crippen molar-refractivity contribution in [2.45, 2.75) is 78.3 Å². The summed E-state index contributed by atoms with van der Waals surface area (Å²) in [5, 5.41) is 8.11. The Morgan fingerprint density at radius 3 is 2.69 bits per heavy atom. The number of morpholine rings is 1. The fourth-order valence-corrected chi connectivity index (χ4v) is 6.47. The van der Waals surface area contributed by atoms with E-state index in [4.69, 9.17) is 9.26 Å². The van der Waals surface area contributed by atoms with Crippen molar-refractivity contribution in [2.24, 2.45) is 0 Å². The van der Waals surface area contributed by atoms with Crippen molar-refractivity contribution in [3.05, 3.63) is 107 Å². The maximum Gasteiger partial charge on any atom is 0.251 e. The Morgan fingerprint density at radius 1 is 1.13 bits per heavy atom. The maximum absolute atomic E-state index is 13.4.